The van der Waals surface area contributed by atoms with Gasteiger partial charge in [0.2, 0.25) is 18.1 Å². The van der Waals surface area contributed by atoms with Crippen LogP contribution < -0.4 is 0 Å². The maximum atomic E-state index is 11.6. The van der Waals surface area contributed by atoms with Gasteiger partial charge in [0.25, 0.3) is 0 Å². The number of hydrogen-bond donors (Lipinski definition) is 0. The number of ether oxygens (including phenoxy) is 2. The molecule has 2 bridgehead atoms. The quantitative estimate of drug-likeness (QED) is 0.547. The third-order valence-electron chi connectivity index (χ3n) is 3.23. The van der Waals surface area contributed by atoms with Crippen molar-refractivity contribution in [2.24, 2.45) is 0 Å². The van der Waals surface area contributed by atoms with E-state index in [-0.39, 0.29) is 49.6 Å². The highest BCUT2D eigenvalue weighted by Crippen LogP contribution is 2.30. The van der Waals surface area contributed by atoms with E-state index >= 15 is 0 Å². The van der Waals surface area contributed by atoms with Crippen LogP contribution >= 0.6 is 0 Å². The van der Waals surface area contributed by atoms with Crippen molar-refractivity contribution in [3.8, 4) is 0 Å². The Balaban J connectivity index is 1.86. The minimum absolute atomic E-state index is 0.160. The molecule has 0 radical (unpaired) electrons. The van der Waals surface area contributed by atoms with Crippen molar-refractivity contribution in [1.82, 2.24) is 4.90 Å². The molecule has 3 saturated heterocycles. The molecule has 6 nitrogen and oxygen atoms in total. The standard InChI is InChI=1S/C10H11NO5/c12-6-3-5(7-4-15-10(6)16-7)11-8(13)1-2-9(11)14/h5,7,10H,1-4H2/t5?,7-,10?/m1/s1. The van der Waals surface area contributed by atoms with E-state index in [4.69, 9.17) is 9.47 Å². The maximum Gasteiger partial charge on any atom is 0.230 e. The average molecular weight is 225 g/mol. The Bertz CT molecular complexity index is 363. The SMILES string of the molecule is O=C1CC(N2C(=O)CCC2=O)[C@H]2COC1O2. The lowest BCUT2D eigenvalue weighted by atomic mass is 10.0. The third kappa shape index (κ3) is 1.30. The average Bonchev–Trinajstić information content (AvgIpc) is 2.81. The number of nitrogens with zero attached hydrogens (tertiary/aromatic N) is 1. The van der Waals surface area contributed by atoms with E-state index in [0.717, 1.165) is 0 Å². The smallest absolute Gasteiger partial charge is 0.230 e. The number of carbonyl (C=O) groups is 3. The first-order valence-corrected chi connectivity index (χ1v) is 5.31. The van der Waals surface area contributed by atoms with Gasteiger partial charge in [-0.25, -0.2) is 0 Å². The Morgan fingerprint density at radius 1 is 1.12 bits per heavy atom. The Hall–Kier alpha value is -1.27. The molecule has 0 saturated carbocycles. The highest BCUT2D eigenvalue weighted by molar-refractivity contribution is 6.03. The molecular weight excluding hydrogens is 214 g/mol. The zero-order chi connectivity index (χ0) is 11.3. The van der Waals surface area contributed by atoms with Crippen LogP contribution in [0.2, 0.25) is 0 Å². The van der Waals surface area contributed by atoms with Crippen LogP contribution in [0.1, 0.15) is 19.3 Å². The normalized spacial score (nSPS) is 38.6. The molecule has 0 aromatic rings. The van der Waals surface area contributed by atoms with E-state index in [1.807, 2.05) is 0 Å². The molecular formula is C10H11NO5. The highest BCUT2D eigenvalue weighted by Gasteiger charge is 2.49. The molecule has 3 rings (SSSR count). The summed E-state index contributed by atoms with van der Waals surface area (Å²) in [6.07, 6.45) is -0.490. The number of hydrogen-bond acceptors (Lipinski definition) is 5. The molecule has 3 fully saturated rings. The van der Waals surface area contributed by atoms with Crippen molar-refractivity contribution in [2.75, 3.05) is 6.61 Å². The molecule has 3 aliphatic heterocycles. The third-order valence-corrected chi connectivity index (χ3v) is 3.23. The molecule has 16 heavy (non-hydrogen) atoms. The van der Waals surface area contributed by atoms with Crippen molar-refractivity contribution in [1.29, 1.82) is 0 Å². The van der Waals surface area contributed by atoms with Crippen LogP contribution in [-0.2, 0) is 23.9 Å². The number of fused-ring (bicyclic) bond motifs is 2. The predicted octanol–water partition coefficient (Wildman–Crippen LogP) is -0.782. The lowest BCUT2D eigenvalue weighted by molar-refractivity contribution is -0.163. The van der Waals surface area contributed by atoms with E-state index < -0.39 is 12.3 Å². The zero-order valence-corrected chi connectivity index (χ0v) is 8.55. The second kappa shape index (κ2) is 3.36. The first kappa shape index (κ1) is 9.92. The maximum absolute atomic E-state index is 11.6. The summed E-state index contributed by atoms with van der Waals surface area (Å²) in [5, 5.41) is 0. The summed E-state index contributed by atoms with van der Waals surface area (Å²) in [6, 6.07) is -0.464. The summed E-state index contributed by atoms with van der Waals surface area (Å²) in [5.74, 6) is -0.611. The Morgan fingerprint density at radius 3 is 2.50 bits per heavy atom. The van der Waals surface area contributed by atoms with Gasteiger partial charge in [0, 0.05) is 19.3 Å². The molecule has 86 valence electrons. The first-order valence-electron chi connectivity index (χ1n) is 5.31. The van der Waals surface area contributed by atoms with Crippen LogP contribution in [0.25, 0.3) is 0 Å². The summed E-state index contributed by atoms with van der Waals surface area (Å²) in [6.45, 7) is 0.276. The van der Waals surface area contributed by atoms with Gasteiger partial charge in [0.15, 0.2) is 5.78 Å². The predicted molar refractivity (Wildman–Crippen MR) is 49.1 cm³/mol. The summed E-state index contributed by atoms with van der Waals surface area (Å²) in [5.41, 5.74) is 0. The molecule has 0 spiro atoms. The largest absolute Gasteiger partial charge is 0.343 e. The number of rotatable bonds is 1. The molecule has 3 aliphatic rings. The fraction of sp³-hybridized carbons (Fsp3) is 0.700. The van der Waals surface area contributed by atoms with E-state index in [1.165, 1.54) is 4.90 Å². The summed E-state index contributed by atoms with van der Waals surface area (Å²) in [7, 11) is 0. The van der Waals surface area contributed by atoms with Crippen LogP contribution in [0.3, 0.4) is 0 Å². The minimum atomic E-state index is -0.783. The van der Waals surface area contributed by atoms with Gasteiger partial charge >= 0.3 is 0 Å². The van der Waals surface area contributed by atoms with Crippen LogP contribution in [-0.4, -0.2) is 47.5 Å². The summed E-state index contributed by atoms with van der Waals surface area (Å²) >= 11 is 0. The van der Waals surface area contributed by atoms with Crippen molar-refractivity contribution in [2.45, 2.75) is 37.7 Å². The molecule has 0 aliphatic carbocycles. The van der Waals surface area contributed by atoms with Crippen molar-refractivity contribution in [3.05, 3.63) is 0 Å². The molecule has 2 amide bonds. The second-order valence-electron chi connectivity index (χ2n) is 4.24. The van der Waals surface area contributed by atoms with Crippen LogP contribution in [0.15, 0.2) is 0 Å². The van der Waals surface area contributed by atoms with Crippen LogP contribution in [0.4, 0.5) is 0 Å². The van der Waals surface area contributed by atoms with Gasteiger partial charge in [0.05, 0.1) is 12.6 Å². The molecule has 0 N–H and O–H groups in total. The van der Waals surface area contributed by atoms with Crippen LogP contribution in [0, 0.1) is 0 Å². The highest BCUT2D eigenvalue weighted by atomic mass is 16.7. The van der Waals surface area contributed by atoms with Crippen molar-refractivity contribution >= 4 is 17.6 Å². The van der Waals surface area contributed by atoms with E-state index in [9.17, 15) is 14.4 Å². The molecule has 3 atom stereocenters. The van der Waals surface area contributed by atoms with Gasteiger partial charge < -0.3 is 9.47 Å². The number of ketones is 1. The van der Waals surface area contributed by atoms with E-state index in [0.29, 0.717) is 0 Å². The topological polar surface area (TPSA) is 72.9 Å². The van der Waals surface area contributed by atoms with Gasteiger partial charge in [-0.3, -0.25) is 19.3 Å². The lowest BCUT2D eigenvalue weighted by Gasteiger charge is -2.32. The lowest BCUT2D eigenvalue weighted by Crippen LogP contribution is -2.51. The number of imide groups is 1. The van der Waals surface area contributed by atoms with E-state index in [2.05, 4.69) is 0 Å². The van der Waals surface area contributed by atoms with Gasteiger partial charge in [-0.1, -0.05) is 0 Å². The Kier molecular flexibility index (Phi) is 2.08. The van der Waals surface area contributed by atoms with Gasteiger partial charge in [-0.05, 0) is 0 Å². The number of amides is 2. The number of Topliss-reactive ketones (excluding diaryl/α,β-unsaturated/α-hetero) is 1. The molecule has 3 heterocycles. The fourth-order valence-corrected chi connectivity index (χ4v) is 2.45. The van der Waals surface area contributed by atoms with Gasteiger partial charge in [-0.2, -0.15) is 0 Å². The molecule has 2 unspecified atom stereocenters. The fourth-order valence-electron chi connectivity index (χ4n) is 2.45. The molecule has 0 aromatic carbocycles. The summed E-state index contributed by atoms with van der Waals surface area (Å²) < 4.78 is 10.4. The van der Waals surface area contributed by atoms with Gasteiger partial charge in [0.1, 0.15) is 6.10 Å². The van der Waals surface area contributed by atoms with Crippen LogP contribution in [0.5, 0.6) is 0 Å². The number of likely N-dealkylation sites (tertiary alicyclic amines) is 1. The monoisotopic (exact) mass is 225 g/mol. The molecule has 6 heteroatoms. The Labute approximate surface area is 91.5 Å². The van der Waals surface area contributed by atoms with Crippen molar-refractivity contribution < 1.29 is 23.9 Å². The number of carbonyl (C=O) groups excluding carboxylic acids is 3. The van der Waals surface area contributed by atoms with Gasteiger partial charge in [-0.15, -0.1) is 0 Å². The summed E-state index contributed by atoms with van der Waals surface area (Å²) in [4.78, 5) is 35.8. The zero-order valence-electron chi connectivity index (χ0n) is 8.55. The van der Waals surface area contributed by atoms with E-state index in [1.54, 1.807) is 0 Å². The van der Waals surface area contributed by atoms with Crippen molar-refractivity contribution in [3.63, 3.8) is 0 Å². The first-order chi connectivity index (χ1) is 7.66. The molecule has 0 aromatic heterocycles. The minimum Gasteiger partial charge on any atom is -0.343 e. The Morgan fingerprint density at radius 2 is 1.81 bits per heavy atom. The second-order valence-corrected chi connectivity index (χ2v) is 4.24.